The Morgan fingerprint density at radius 3 is 2.62 bits per heavy atom. The molecule has 0 aromatic carbocycles. The Bertz CT molecular complexity index is 490. The van der Waals surface area contributed by atoms with Gasteiger partial charge in [0.1, 0.15) is 10.8 Å². The van der Waals surface area contributed by atoms with Crippen molar-refractivity contribution in [1.82, 2.24) is 4.98 Å². The van der Waals surface area contributed by atoms with Crippen LogP contribution in [-0.2, 0) is 10.9 Å². The predicted octanol–water partition coefficient (Wildman–Crippen LogP) is 3.99. The zero-order valence-electron chi connectivity index (χ0n) is 11.5. The summed E-state index contributed by atoms with van der Waals surface area (Å²) in [6, 6.07) is 2.04. The molecule has 1 saturated carbocycles. The predicted molar refractivity (Wildman–Crippen MR) is 72.0 cm³/mol. The summed E-state index contributed by atoms with van der Waals surface area (Å²) in [5.74, 6) is 0.301. The highest BCUT2D eigenvalue weighted by atomic mass is 35.5. The first-order valence-electron chi connectivity index (χ1n) is 6.84. The first-order chi connectivity index (χ1) is 9.81. The van der Waals surface area contributed by atoms with Gasteiger partial charge in [-0.05, 0) is 38.2 Å². The van der Waals surface area contributed by atoms with Crippen molar-refractivity contribution >= 4 is 11.6 Å². The SMILES string of the molecule is CCOC1CC(CC(O)c2ccc(C(F)(F)F)nc2Cl)C1. The van der Waals surface area contributed by atoms with E-state index >= 15 is 0 Å². The number of aliphatic hydroxyl groups excluding tert-OH is 1. The maximum Gasteiger partial charge on any atom is 0.433 e. The molecule has 118 valence electrons. The van der Waals surface area contributed by atoms with E-state index in [1.807, 2.05) is 6.92 Å². The lowest BCUT2D eigenvalue weighted by atomic mass is 9.78. The average molecular weight is 324 g/mol. The molecule has 3 nitrogen and oxygen atoms in total. The Kier molecular flexibility index (Phi) is 5.11. The van der Waals surface area contributed by atoms with Crippen molar-refractivity contribution < 1.29 is 23.0 Å². The van der Waals surface area contributed by atoms with Crippen molar-refractivity contribution in [2.45, 2.75) is 44.6 Å². The standard InChI is InChI=1S/C14H17ClF3NO2/c1-2-21-9-5-8(6-9)7-11(20)10-3-4-12(14(16,17)18)19-13(10)15/h3-4,8-9,11,20H,2,5-7H2,1H3. The van der Waals surface area contributed by atoms with Crippen LogP contribution in [0.25, 0.3) is 0 Å². The Hall–Kier alpha value is -0.850. The maximum atomic E-state index is 12.5. The molecule has 0 saturated heterocycles. The minimum atomic E-state index is -4.54. The normalized spacial score (nSPS) is 23.7. The number of halogens is 4. The molecule has 0 radical (unpaired) electrons. The lowest BCUT2D eigenvalue weighted by Crippen LogP contribution is -2.32. The third kappa shape index (κ3) is 4.08. The van der Waals surface area contributed by atoms with E-state index in [1.54, 1.807) is 0 Å². The van der Waals surface area contributed by atoms with Crippen molar-refractivity contribution in [3.8, 4) is 0 Å². The number of nitrogens with zero attached hydrogens (tertiary/aromatic N) is 1. The van der Waals surface area contributed by atoms with Crippen LogP contribution in [0.4, 0.5) is 13.2 Å². The Balaban J connectivity index is 1.96. The molecule has 0 bridgehead atoms. The van der Waals surface area contributed by atoms with Gasteiger partial charge in [-0.1, -0.05) is 17.7 Å². The third-order valence-corrected chi connectivity index (χ3v) is 3.98. The monoisotopic (exact) mass is 323 g/mol. The molecule has 1 unspecified atom stereocenters. The molecule has 2 rings (SSSR count). The van der Waals surface area contributed by atoms with Crippen LogP contribution < -0.4 is 0 Å². The van der Waals surface area contributed by atoms with Gasteiger partial charge >= 0.3 is 6.18 Å². The molecule has 21 heavy (non-hydrogen) atoms. The molecule has 1 N–H and O–H groups in total. The van der Waals surface area contributed by atoms with Gasteiger partial charge in [-0.25, -0.2) is 4.98 Å². The molecule has 1 fully saturated rings. The molecule has 0 aliphatic heterocycles. The van der Waals surface area contributed by atoms with Crippen molar-refractivity contribution in [1.29, 1.82) is 0 Å². The lowest BCUT2D eigenvalue weighted by Gasteiger charge is -2.36. The summed E-state index contributed by atoms with van der Waals surface area (Å²) in [6.07, 6.45) is -3.04. The first-order valence-corrected chi connectivity index (χ1v) is 7.22. The van der Waals surface area contributed by atoms with E-state index in [4.69, 9.17) is 16.3 Å². The lowest BCUT2D eigenvalue weighted by molar-refractivity contribution is -0.141. The van der Waals surface area contributed by atoms with Gasteiger partial charge in [0, 0.05) is 12.2 Å². The maximum absolute atomic E-state index is 12.5. The van der Waals surface area contributed by atoms with Crippen LogP contribution in [-0.4, -0.2) is 22.8 Å². The number of hydrogen-bond acceptors (Lipinski definition) is 3. The second kappa shape index (κ2) is 6.50. The van der Waals surface area contributed by atoms with Gasteiger partial charge in [-0.15, -0.1) is 0 Å². The summed E-state index contributed by atoms with van der Waals surface area (Å²) in [5, 5.41) is 9.81. The van der Waals surface area contributed by atoms with Gasteiger partial charge in [-0.2, -0.15) is 13.2 Å². The summed E-state index contributed by atoms with van der Waals surface area (Å²) in [5.41, 5.74) is -0.812. The van der Waals surface area contributed by atoms with E-state index in [1.165, 1.54) is 6.07 Å². The van der Waals surface area contributed by atoms with E-state index < -0.39 is 18.0 Å². The Morgan fingerprint density at radius 2 is 2.10 bits per heavy atom. The minimum Gasteiger partial charge on any atom is -0.388 e. The summed E-state index contributed by atoms with van der Waals surface area (Å²) in [6.45, 7) is 2.59. The summed E-state index contributed by atoms with van der Waals surface area (Å²) in [7, 11) is 0. The average Bonchev–Trinajstić information content (AvgIpc) is 2.34. The molecule has 1 atom stereocenters. The van der Waals surface area contributed by atoms with Crippen LogP contribution in [0.3, 0.4) is 0 Å². The first kappa shape index (κ1) is 16.5. The molecule has 1 heterocycles. The van der Waals surface area contributed by atoms with E-state index in [-0.39, 0.29) is 16.8 Å². The number of hydrogen-bond donors (Lipinski definition) is 1. The van der Waals surface area contributed by atoms with E-state index in [2.05, 4.69) is 4.98 Å². The van der Waals surface area contributed by atoms with Crippen LogP contribution in [0.5, 0.6) is 0 Å². The molecule has 7 heteroatoms. The second-order valence-electron chi connectivity index (χ2n) is 5.24. The second-order valence-corrected chi connectivity index (χ2v) is 5.60. The number of pyridine rings is 1. The highest BCUT2D eigenvalue weighted by Gasteiger charge is 2.34. The number of aliphatic hydroxyl groups is 1. The fourth-order valence-electron chi connectivity index (χ4n) is 2.53. The quantitative estimate of drug-likeness (QED) is 0.833. The van der Waals surface area contributed by atoms with Crippen LogP contribution in [0.15, 0.2) is 12.1 Å². The van der Waals surface area contributed by atoms with Gasteiger partial charge in [0.25, 0.3) is 0 Å². The molecular weight excluding hydrogens is 307 g/mol. The van der Waals surface area contributed by atoms with Crippen LogP contribution in [0.2, 0.25) is 5.15 Å². The van der Waals surface area contributed by atoms with Gasteiger partial charge in [0.05, 0.1) is 12.2 Å². The molecular formula is C14H17ClF3NO2. The van der Waals surface area contributed by atoms with Crippen molar-refractivity contribution in [3.05, 3.63) is 28.5 Å². The van der Waals surface area contributed by atoms with Crippen molar-refractivity contribution in [2.75, 3.05) is 6.61 Å². The van der Waals surface area contributed by atoms with Crippen molar-refractivity contribution in [2.24, 2.45) is 5.92 Å². The molecule has 1 aliphatic rings. The van der Waals surface area contributed by atoms with Crippen LogP contribution in [0, 0.1) is 5.92 Å². The number of rotatable bonds is 5. The molecule has 0 spiro atoms. The minimum absolute atomic E-state index is 0.230. The third-order valence-electron chi connectivity index (χ3n) is 3.68. The highest BCUT2D eigenvalue weighted by molar-refractivity contribution is 6.30. The molecule has 1 aromatic heterocycles. The summed E-state index contributed by atoms with van der Waals surface area (Å²) >= 11 is 5.76. The summed E-state index contributed by atoms with van der Waals surface area (Å²) in [4.78, 5) is 3.32. The van der Waals surface area contributed by atoms with E-state index in [0.717, 1.165) is 18.9 Å². The highest BCUT2D eigenvalue weighted by Crippen LogP contribution is 2.38. The fraction of sp³-hybridized carbons (Fsp3) is 0.643. The molecule has 0 amide bonds. The van der Waals surface area contributed by atoms with Crippen LogP contribution >= 0.6 is 11.6 Å². The van der Waals surface area contributed by atoms with Crippen LogP contribution in [0.1, 0.15) is 43.5 Å². The number of ether oxygens (including phenoxy) is 1. The molecule has 1 aliphatic carbocycles. The fourth-order valence-corrected chi connectivity index (χ4v) is 2.81. The Morgan fingerprint density at radius 1 is 1.43 bits per heavy atom. The largest absolute Gasteiger partial charge is 0.433 e. The zero-order valence-corrected chi connectivity index (χ0v) is 12.3. The number of alkyl halides is 3. The van der Waals surface area contributed by atoms with Gasteiger partial charge in [-0.3, -0.25) is 0 Å². The molecule has 1 aromatic rings. The Labute approximate surface area is 126 Å². The number of aromatic nitrogens is 1. The van der Waals surface area contributed by atoms with E-state index in [0.29, 0.717) is 18.9 Å². The van der Waals surface area contributed by atoms with Gasteiger partial charge in [0.15, 0.2) is 0 Å². The topological polar surface area (TPSA) is 42.4 Å². The van der Waals surface area contributed by atoms with E-state index in [9.17, 15) is 18.3 Å². The zero-order chi connectivity index (χ0) is 15.6. The van der Waals surface area contributed by atoms with Gasteiger partial charge in [0.2, 0.25) is 0 Å². The smallest absolute Gasteiger partial charge is 0.388 e. The van der Waals surface area contributed by atoms with Gasteiger partial charge < -0.3 is 9.84 Å². The van der Waals surface area contributed by atoms with Crippen molar-refractivity contribution in [3.63, 3.8) is 0 Å². The summed E-state index contributed by atoms with van der Waals surface area (Å²) < 4.78 is 42.9.